The second-order valence-electron chi connectivity index (χ2n) is 11.7. The van der Waals surface area contributed by atoms with Gasteiger partial charge in [-0.3, -0.25) is 28.9 Å². The van der Waals surface area contributed by atoms with Crippen molar-refractivity contribution in [1.29, 1.82) is 0 Å². The predicted molar refractivity (Wildman–Crippen MR) is 157 cm³/mol. The van der Waals surface area contributed by atoms with Crippen LogP contribution < -0.4 is 26.0 Å². The normalized spacial score (nSPS) is 26.4. The number of carbonyl (C=O) groups is 5. The van der Waals surface area contributed by atoms with Gasteiger partial charge in [0.05, 0.1) is 31.2 Å². The van der Waals surface area contributed by atoms with Gasteiger partial charge < -0.3 is 35.6 Å². The summed E-state index contributed by atoms with van der Waals surface area (Å²) in [5.74, 6) is -2.22. The van der Waals surface area contributed by atoms with Gasteiger partial charge in [0.2, 0.25) is 23.6 Å². The van der Waals surface area contributed by atoms with Crippen LogP contribution in [0.1, 0.15) is 50.4 Å². The van der Waals surface area contributed by atoms with Crippen molar-refractivity contribution in [3.05, 3.63) is 29.8 Å². The molecular formula is C30H44N6O7. The quantitative estimate of drug-likeness (QED) is 0.357. The van der Waals surface area contributed by atoms with Crippen LogP contribution in [-0.4, -0.2) is 116 Å². The summed E-state index contributed by atoms with van der Waals surface area (Å²) >= 11 is 0. The molecule has 5 amide bonds. The number of fused-ring (bicyclic) bond motifs is 2. The molecule has 13 heteroatoms. The number of para-hydroxylation sites is 1. The molecule has 2 fully saturated rings. The number of nitrogens with zero attached hydrogens (tertiary/aromatic N) is 2. The largest absolute Gasteiger partial charge is 0.491 e. The average Bonchev–Trinajstić information content (AvgIpc) is 3.49. The number of rotatable bonds is 5. The van der Waals surface area contributed by atoms with Gasteiger partial charge in [0.25, 0.3) is 5.91 Å². The van der Waals surface area contributed by atoms with Crippen LogP contribution in [0.5, 0.6) is 5.75 Å². The van der Waals surface area contributed by atoms with E-state index in [1.807, 2.05) is 13.8 Å². The van der Waals surface area contributed by atoms with Crippen molar-refractivity contribution in [3.63, 3.8) is 0 Å². The minimum absolute atomic E-state index is 0.0646. The first-order chi connectivity index (χ1) is 20.6. The van der Waals surface area contributed by atoms with Crippen molar-refractivity contribution < 1.29 is 33.4 Å². The van der Waals surface area contributed by atoms with E-state index in [0.29, 0.717) is 45.7 Å². The van der Waals surface area contributed by atoms with E-state index in [1.54, 1.807) is 31.2 Å². The van der Waals surface area contributed by atoms with Crippen molar-refractivity contribution in [2.75, 3.05) is 52.5 Å². The predicted octanol–water partition coefficient (Wildman–Crippen LogP) is -0.348. The highest BCUT2D eigenvalue weighted by atomic mass is 16.5. The zero-order valence-corrected chi connectivity index (χ0v) is 25.2. The highest BCUT2D eigenvalue weighted by Gasteiger charge is 2.38. The van der Waals surface area contributed by atoms with Gasteiger partial charge in [-0.2, -0.15) is 0 Å². The lowest BCUT2D eigenvalue weighted by Crippen LogP contribution is -2.57. The molecule has 3 aliphatic rings. The molecule has 0 unspecified atom stereocenters. The number of nitrogens with one attached hydrogen (secondary N) is 4. The molecule has 0 bridgehead atoms. The maximum Gasteiger partial charge on any atom is 0.255 e. The zero-order chi connectivity index (χ0) is 30.9. The minimum Gasteiger partial charge on any atom is -0.491 e. The van der Waals surface area contributed by atoms with Gasteiger partial charge in [-0.1, -0.05) is 26.0 Å². The number of hydrogen-bond donors (Lipinski definition) is 4. The van der Waals surface area contributed by atoms with Gasteiger partial charge in [0.1, 0.15) is 30.5 Å². The van der Waals surface area contributed by atoms with Crippen LogP contribution >= 0.6 is 0 Å². The molecule has 0 aliphatic carbocycles. The summed E-state index contributed by atoms with van der Waals surface area (Å²) in [4.78, 5) is 70.6. The molecule has 1 aromatic carbocycles. The molecule has 43 heavy (non-hydrogen) atoms. The van der Waals surface area contributed by atoms with E-state index >= 15 is 0 Å². The highest BCUT2D eigenvalue weighted by Crippen LogP contribution is 2.22. The van der Waals surface area contributed by atoms with Crippen LogP contribution in [0, 0.1) is 5.92 Å². The summed E-state index contributed by atoms with van der Waals surface area (Å²) in [6.45, 7) is 9.58. The number of hydrogen-bond acceptors (Lipinski definition) is 8. The van der Waals surface area contributed by atoms with E-state index < -0.39 is 47.8 Å². The van der Waals surface area contributed by atoms with Crippen molar-refractivity contribution in [2.45, 2.75) is 64.2 Å². The minimum atomic E-state index is -1.18. The zero-order valence-electron chi connectivity index (χ0n) is 25.2. The number of morpholine rings is 1. The molecule has 0 radical (unpaired) electrons. The van der Waals surface area contributed by atoms with Crippen LogP contribution in [0.3, 0.4) is 0 Å². The Hall–Kier alpha value is -3.71. The SMILES string of the molecule is CC(C)[C@H]1NC(=O)[C@@H]2CCCN2C(=O)C[C@@H](C(=O)NCCN2CCOCC2)NC(=O)c2ccccc2OC[C@H](C)NC1=O. The number of benzene rings is 1. The fourth-order valence-corrected chi connectivity index (χ4v) is 5.51. The Bertz CT molecular complexity index is 1170. The molecule has 1 aromatic rings. The van der Waals surface area contributed by atoms with Crippen molar-refractivity contribution >= 4 is 29.5 Å². The van der Waals surface area contributed by atoms with Gasteiger partial charge in [-0.05, 0) is 37.8 Å². The topological polar surface area (TPSA) is 158 Å². The van der Waals surface area contributed by atoms with Crippen molar-refractivity contribution in [1.82, 2.24) is 31.1 Å². The molecule has 4 atom stereocenters. The smallest absolute Gasteiger partial charge is 0.255 e. The Balaban J connectivity index is 1.58. The molecule has 236 valence electrons. The highest BCUT2D eigenvalue weighted by molar-refractivity contribution is 6.01. The summed E-state index contributed by atoms with van der Waals surface area (Å²) in [5, 5.41) is 11.3. The van der Waals surface area contributed by atoms with E-state index in [1.165, 1.54) is 4.90 Å². The molecule has 0 spiro atoms. The first-order valence-electron chi connectivity index (χ1n) is 15.1. The fraction of sp³-hybridized carbons (Fsp3) is 0.633. The van der Waals surface area contributed by atoms with E-state index in [9.17, 15) is 24.0 Å². The molecule has 4 N–H and O–H groups in total. The number of carbonyl (C=O) groups excluding carboxylic acids is 5. The van der Waals surface area contributed by atoms with E-state index in [0.717, 1.165) is 13.1 Å². The Morgan fingerprint density at radius 1 is 1.02 bits per heavy atom. The standard InChI is InChI=1S/C30H44N6O7/c1-19(2)26-30(41)32-20(3)18-43-24-9-5-4-7-21(24)27(38)33-22(28(39)31-10-12-35-13-15-42-16-14-35)17-25(37)36-11-6-8-23(36)29(40)34-26/h4-5,7,9,19-20,22-23,26H,6,8,10-18H2,1-3H3,(H,31,39)(H,32,41)(H,33,38)(H,34,40)/t20-,22-,23-,26+/m0/s1. The maximum absolute atomic E-state index is 13.6. The lowest BCUT2D eigenvalue weighted by molar-refractivity contribution is -0.141. The maximum atomic E-state index is 13.6. The summed E-state index contributed by atoms with van der Waals surface area (Å²) in [6.07, 6.45) is 0.713. The first kappa shape index (κ1) is 32.2. The summed E-state index contributed by atoms with van der Waals surface area (Å²) in [6, 6.07) is 3.39. The number of amides is 5. The second-order valence-corrected chi connectivity index (χ2v) is 11.7. The van der Waals surface area contributed by atoms with Crippen molar-refractivity contribution in [3.8, 4) is 5.75 Å². The van der Waals surface area contributed by atoms with Gasteiger partial charge in [0.15, 0.2) is 0 Å². The third kappa shape index (κ3) is 8.66. The second kappa shape index (κ2) is 15.1. The third-order valence-electron chi connectivity index (χ3n) is 7.96. The molecule has 0 aromatic heterocycles. The molecule has 13 nitrogen and oxygen atoms in total. The lowest BCUT2D eigenvalue weighted by Gasteiger charge is -2.29. The van der Waals surface area contributed by atoms with Crippen LogP contribution in [0.4, 0.5) is 0 Å². The summed E-state index contributed by atoms with van der Waals surface area (Å²) in [7, 11) is 0. The number of ether oxygens (including phenoxy) is 2. The van der Waals surface area contributed by atoms with Gasteiger partial charge in [-0.25, -0.2) is 0 Å². The Morgan fingerprint density at radius 2 is 1.77 bits per heavy atom. The average molecular weight is 601 g/mol. The molecule has 3 heterocycles. The van der Waals surface area contributed by atoms with E-state index in [2.05, 4.69) is 26.2 Å². The Morgan fingerprint density at radius 3 is 2.51 bits per heavy atom. The third-order valence-corrected chi connectivity index (χ3v) is 7.96. The molecule has 2 saturated heterocycles. The van der Waals surface area contributed by atoms with Crippen LogP contribution in [-0.2, 0) is 23.9 Å². The monoisotopic (exact) mass is 600 g/mol. The Labute approximate surface area is 252 Å². The molecule has 0 saturated carbocycles. The molecule has 4 rings (SSSR count). The van der Waals surface area contributed by atoms with E-state index in [4.69, 9.17) is 9.47 Å². The van der Waals surface area contributed by atoms with Gasteiger partial charge in [-0.15, -0.1) is 0 Å². The molecular weight excluding hydrogens is 556 g/mol. The molecule has 3 aliphatic heterocycles. The van der Waals surface area contributed by atoms with Gasteiger partial charge >= 0.3 is 0 Å². The Kier molecular flexibility index (Phi) is 11.3. The van der Waals surface area contributed by atoms with Crippen molar-refractivity contribution in [2.24, 2.45) is 5.92 Å². The fourth-order valence-electron chi connectivity index (χ4n) is 5.51. The first-order valence-corrected chi connectivity index (χ1v) is 15.1. The summed E-state index contributed by atoms with van der Waals surface area (Å²) < 4.78 is 11.3. The van der Waals surface area contributed by atoms with Gasteiger partial charge in [0, 0.05) is 32.7 Å². The van der Waals surface area contributed by atoms with E-state index in [-0.39, 0.29) is 36.2 Å². The van der Waals surface area contributed by atoms with Crippen LogP contribution in [0.15, 0.2) is 24.3 Å². The summed E-state index contributed by atoms with van der Waals surface area (Å²) in [5.41, 5.74) is 0.194. The van der Waals surface area contributed by atoms with Crippen LogP contribution in [0.25, 0.3) is 0 Å². The lowest BCUT2D eigenvalue weighted by atomic mass is 10.0. The van der Waals surface area contributed by atoms with Crippen LogP contribution in [0.2, 0.25) is 0 Å².